The van der Waals surface area contributed by atoms with Crippen LogP contribution in [0.5, 0.6) is 0 Å². The minimum Gasteiger partial charge on any atom is -0.236 e. The van der Waals surface area contributed by atoms with E-state index in [1.165, 1.54) is 0 Å². The highest BCUT2D eigenvalue weighted by Crippen LogP contribution is 2.26. The molecule has 2 heteroatoms. The van der Waals surface area contributed by atoms with Gasteiger partial charge in [-0.2, -0.15) is 0 Å². The van der Waals surface area contributed by atoms with Gasteiger partial charge in [0.05, 0.1) is 6.61 Å². The standard InChI is InChI=1S/C11H10O2/c1-2-9-3-5-10(6-4-9)11-7-8-12-13-11/h1,3-6,11H,7-8H2. The number of terminal acetylenes is 1. The molecule has 0 amide bonds. The lowest BCUT2D eigenvalue weighted by Gasteiger charge is -2.06. The summed E-state index contributed by atoms with van der Waals surface area (Å²) in [6, 6.07) is 7.79. The first-order valence-corrected chi connectivity index (χ1v) is 4.25. The van der Waals surface area contributed by atoms with Gasteiger partial charge in [0.1, 0.15) is 6.10 Å². The molecule has 2 rings (SSSR count). The summed E-state index contributed by atoms with van der Waals surface area (Å²) in [7, 11) is 0. The monoisotopic (exact) mass is 174 g/mol. The third-order valence-electron chi connectivity index (χ3n) is 2.10. The first-order chi connectivity index (χ1) is 6.40. The third kappa shape index (κ3) is 1.72. The largest absolute Gasteiger partial charge is 0.236 e. The van der Waals surface area contributed by atoms with Crippen molar-refractivity contribution in [3.63, 3.8) is 0 Å². The normalized spacial score (nSPS) is 21.3. The van der Waals surface area contributed by atoms with E-state index in [1.54, 1.807) is 0 Å². The van der Waals surface area contributed by atoms with E-state index >= 15 is 0 Å². The van der Waals surface area contributed by atoms with Gasteiger partial charge in [0.2, 0.25) is 0 Å². The Kier molecular flexibility index (Phi) is 2.31. The van der Waals surface area contributed by atoms with Crippen LogP contribution in [0.4, 0.5) is 0 Å². The van der Waals surface area contributed by atoms with Crippen molar-refractivity contribution in [2.45, 2.75) is 12.5 Å². The van der Waals surface area contributed by atoms with Crippen LogP contribution in [-0.4, -0.2) is 6.61 Å². The van der Waals surface area contributed by atoms with Crippen LogP contribution in [0.1, 0.15) is 23.7 Å². The molecule has 0 spiro atoms. The molecule has 1 heterocycles. The minimum absolute atomic E-state index is 0.0758. The molecular weight excluding hydrogens is 164 g/mol. The lowest BCUT2D eigenvalue weighted by Crippen LogP contribution is -1.94. The van der Waals surface area contributed by atoms with E-state index in [1.807, 2.05) is 24.3 Å². The second-order valence-electron chi connectivity index (χ2n) is 2.96. The molecule has 1 aromatic carbocycles. The van der Waals surface area contributed by atoms with Crippen molar-refractivity contribution in [1.82, 2.24) is 0 Å². The molecule has 0 aliphatic carbocycles. The molecule has 2 nitrogen and oxygen atoms in total. The molecule has 1 fully saturated rings. The van der Waals surface area contributed by atoms with Crippen molar-refractivity contribution in [3.8, 4) is 12.3 Å². The number of benzene rings is 1. The molecule has 1 aliphatic rings. The van der Waals surface area contributed by atoms with Gasteiger partial charge in [-0.25, -0.2) is 9.78 Å². The van der Waals surface area contributed by atoms with Crippen LogP contribution >= 0.6 is 0 Å². The molecule has 0 bridgehead atoms. The summed E-state index contributed by atoms with van der Waals surface area (Å²) < 4.78 is 0. The van der Waals surface area contributed by atoms with Crippen LogP contribution in [0, 0.1) is 12.3 Å². The quantitative estimate of drug-likeness (QED) is 0.479. The second kappa shape index (κ2) is 3.61. The summed E-state index contributed by atoms with van der Waals surface area (Å²) in [5, 5.41) is 0. The van der Waals surface area contributed by atoms with Crippen LogP contribution in [0.25, 0.3) is 0 Å². The highest BCUT2D eigenvalue weighted by molar-refractivity contribution is 5.34. The Labute approximate surface area is 77.4 Å². The highest BCUT2D eigenvalue weighted by atomic mass is 17.2. The van der Waals surface area contributed by atoms with Gasteiger partial charge in [-0.3, -0.25) is 0 Å². The Bertz CT molecular complexity index is 315. The average Bonchev–Trinajstić information content (AvgIpc) is 2.71. The lowest BCUT2D eigenvalue weighted by molar-refractivity contribution is -0.276. The molecule has 0 N–H and O–H groups in total. The van der Waals surface area contributed by atoms with Crippen molar-refractivity contribution in [1.29, 1.82) is 0 Å². The fourth-order valence-corrected chi connectivity index (χ4v) is 1.35. The smallest absolute Gasteiger partial charge is 0.120 e. The molecule has 1 saturated heterocycles. The zero-order valence-electron chi connectivity index (χ0n) is 7.19. The zero-order chi connectivity index (χ0) is 9.10. The molecular formula is C11H10O2. The van der Waals surface area contributed by atoms with Crippen molar-refractivity contribution in [3.05, 3.63) is 35.4 Å². The van der Waals surface area contributed by atoms with Crippen LogP contribution in [0.2, 0.25) is 0 Å². The van der Waals surface area contributed by atoms with Crippen LogP contribution < -0.4 is 0 Å². The first-order valence-electron chi connectivity index (χ1n) is 4.25. The van der Waals surface area contributed by atoms with Gasteiger partial charge in [0.15, 0.2) is 0 Å². The Morgan fingerprint density at radius 3 is 2.62 bits per heavy atom. The van der Waals surface area contributed by atoms with Gasteiger partial charge in [-0.05, 0) is 17.7 Å². The lowest BCUT2D eigenvalue weighted by atomic mass is 10.1. The number of hydrogen-bond donors (Lipinski definition) is 0. The van der Waals surface area contributed by atoms with Crippen molar-refractivity contribution in [2.24, 2.45) is 0 Å². The minimum atomic E-state index is 0.0758. The summed E-state index contributed by atoms with van der Waals surface area (Å²) in [4.78, 5) is 9.89. The fourth-order valence-electron chi connectivity index (χ4n) is 1.35. The van der Waals surface area contributed by atoms with E-state index in [-0.39, 0.29) is 6.10 Å². The van der Waals surface area contributed by atoms with Crippen molar-refractivity contribution in [2.75, 3.05) is 6.61 Å². The molecule has 1 unspecified atom stereocenters. The van der Waals surface area contributed by atoms with Gasteiger partial charge in [0.25, 0.3) is 0 Å². The first kappa shape index (κ1) is 8.31. The molecule has 0 saturated carbocycles. The number of hydrogen-bond acceptors (Lipinski definition) is 2. The molecule has 0 aromatic heterocycles. The molecule has 13 heavy (non-hydrogen) atoms. The summed E-state index contributed by atoms with van der Waals surface area (Å²) in [5.74, 6) is 2.57. The second-order valence-corrected chi connectivity index (χ2v) is 2.96. The topological polar surface area (TPSA) is 18.5 Å². The molecule has 1 atom stereocenters. The van der Waals surface area contributed by atoms with Gasteiger partial charge < -0.3 is 0 Å². The Morgan fingerprint density at radius 2 is 2.08 bits per heavy atom. The molecule has 66 valence electrons. The van der Waals surface area contributed by atoms with E-state index < -0.39 is 0 Å². The maximum Gasteiger partial charge on any atom is 0.120 e. The SMILES string of the molecule is C#Cc1ccc(C2CCOO2)cc1. The predicted octanol–water partition coefficient (Wildman–Crippen LogP) is 2.06. The zero-order valence-corrected chi connectivity index (χ0v) is 7.19. The average molecular weight is 174 g/mol. The van der Waals surface area contributed by atoms with Crippen LogP contribution in [0.15, 0.2) is 24.3 Å². The van der Waals surface area contributed by atoms with Gasteiger partial charge in [0, 0.05) is 12.0 Å². The van der Waals surface area contributed by atoms with Crippen molar-refractivity contribution < 1.29 is 9.78 Å². The third-order valence-corrected chi connectivity index (χ3v) is 2.10. The predicted molar refractivity (Wildman–Crippen MR) is 48.8 cm³/mol. The summed E-state index contributed by atoms with van der Waals surface area (Å²) in [6.45, 7) is 0.668. The van der Waals surface area contributed by atoms with Gasteiger partial charge in [-0.15, -0.1) is 6.42 Å². The van der Waals surface area contributed by atoms with Gasteiger partial charge >= 0.3 is 0 Å². The van der Waals surface area contributed by atoms with E-state index in [2.05, 4.69) is 5.92 Å². The van der Waals surface area contributed by atoms with Gasteiger partial charge in [-0.1, -0.05) is 18.1 Å². The van der Waals surface area contributed by atoms with E-state index in [0.29, 0.717) is 6.61 Å². The summed E-state index contributed by atoms with van der Waals surface area (Å²) >= 11 is 0. The van der Waals surface area contributed by atoms with E-state index in [0.717, 1.165) is 17.5 Å². The maximum absolute atomic E-state index is 5.25. The molecule has 1 aromatic rings. The molecule has 0 radical (unpaired) electrons. The Balaban J connectivity index is 2.18. The summed E-state index contributed by atoms with van der Waals surface area (Å²) in [6.07, 6.45) is 6.24. The Hall–Kier alpha value is -1.30. The summed E-state index contributed by atoms with van der Waals surface area (Å²) in [5.41, 5.74) is 2.01. The van der Waals surface area contributed by atoms with E-state index in [4.69, 9.17) is 16.2 Å². The molecule has 1 aliphatic heterocycles. The maximum atomic E-state index is 5.25. The van der Waals surface area contributed by atoms with Crippen molar-refractivity contribution >= 4 is 0 Å². The van der Waals surface area contributed by atoms with E-state index in [9.17, 15) is 0 Å². The van der Waals surface area contributed by atoms with Crippen LogP contribution in [0.3, 0.4) is 0 Å². The number of rotatable bonds is 1. The highest BCUT2D eigenvalue weighted by Gasteiger charge is 2.18. The Morgan fingerprint density at radius 1 is 1.31 bits per heavy atom. The fraction of sp³-hybridized carbons (Fsp3) is 0.273. The van der Waals surface area contributed by atoms with Crippen LogP contribution in [-0.2, 0) is 9.78 Å².